The number of carboxylic acid groups (broad SMARTS) is 2. The first-order chi connectivity index (χ1) is 11.3. The number of carboxylic acids is 2. The zero-order valence-corrected chi connectivity index (χ0v) is 16.5. The maximum atomic E-state index is 10.8. The van der Waals surface area contributed by atoms with Gasteiger partial charge < -0.3 is 22.9 Å². The standard InChI is InChI=1S/C14H26N2O2.C2H2O4.Pt/c1-11-10-12(8-9-13(11)15)6-4-2-3-5-7-14(17)16-18;3-1(4)2(5)6;/h11-13,15,18H,1-10H2,(H,16,17);(H,3,4)(H,5,6);/q-2;;+2. The van der Waals surface area contributed by atoms with Crippen LogP contribution in [0.25, 0.3) is 5.73 Å². The summed E-state index contributed by atoms with van der Waals surface area (Å²) in [5.41, 5.74) is 9.43. The number of aliphatic carboxylic acids is 2. The van der Waals surface area contributed by atoms with E-state index in [1.165, 1.54) is 19.3 Å². The van der Waals surface area contributed by atoms with Crippen LogP contribution in [-0.4, -0.2) is 39.3 Å². The first-order valence-corrected chi connectivity index (χ1v) is 8.21. The number of nitrogens with one attached hydrogen (secondary N) is 2. The summed E-state index contributed by atoms with van der Waals surface area (Å²) >= 11 is 0. The van der Waals surface area contributed by atoms with Crippen molar-refractivity contribution in [3.05, 3.63) is 12.7 Å². The third-order valence-electron chi connectivity index (χ3n) is 4.16. The predicted octanol–water partition coefficient (Wildman–Crippen LogP) is 2.66. The predicted molar refractivity (Wildman–Crippen MR) is 87.2 cm³/mol. The van der Waals surface area contributed by atoms with Crippen LogP contribution in [-0.2, 0) is 35.4 Å². The summed E-state index contributed by atoms with van der Waals surface area (Å²) in [7, 11) is 0. The van der Waals surface area contributed by atoms with Crippen molar-refractivity contribution in [1.82, 2.24) is 5.48 Å². The van der Waals surface area contributed by atoms with Crippen LogP contribution < -0.4 is 5.48 Å². The van der Waals surface area contributed by atoms with Gasteiger partial charge in [-0.05, 0) is 12.3 Å². The molecule has 1 aliphatic carbocycles. The van der Waals surface area contributed by atoms with Gasteiger partial charge in [0, 0.05) is 6.42 Å². The van der Waals surface area contributed by atoms with Gasteiger partial charge in [0.2, 0.25) is 5.91 Å². The molecule has 0 heterocycles. The minimum Gasteiger partial charge on any atom is -0.677 e. The fourth-order valence-corrected chi connectivity index (χ4v) is 2.75. The van der Waals surface area contributed by atoms with Crippen molar-refractivity contribution in [3.8, 4) is 0 Å². The number of rotatable bonds is 7. The largest absolute Gasteiger partial charge is 2.00 e. The average Bonchev–Trinajstić information content (AvgIpc) is 2.54. The van der Waals surface area contributed by atoms with Crippen LogP contribution in [0.15, 0.2) is 0 Å². The van der Waals surface area contributed by atoms with Crippen LogP contribution in [0.1, 0.15) is 57.8 Å². The van der Waals surface area contributed by atoms with E-state index in [0.717, 1.165) is 38.0 Å². The molecular formula is C16H28N2O6Pt. The van der Waals surface area contributed by atoms with Gasteiger partial charge >= 0.3 is 33.0 Å². The topological polar surface area (TPSA) is 148 Å². The molecule has 0 aromatic heterocycles. The van der Waals surface area contributed by atoms with E-state index >= 15 is 0 Å². The molecule has 0 aromatic carbocycles. The number of carbonyl (C=O) groups excluding carboxylic acids is 1. The van der Waals surface area contributed by atoms with Crippen LogP contribution >= 0.6 is 0 Å². The van der Waals surface area contributed by atoms with Gasteiger partial charge in [0.05, 0.1) is 0 Å². The number of unbranched alkanes of at least 4 members (excludes halogenated alkanes) is 3. The van der Waals surface area contributed by atoms with Crippen LogP contribution in [0.3, 0.4) is 0 Å². The van der Waals surface area contributed by atoms with Gasteiger partial charge in [-0.3, -0.25) is 10.0 Å². The van der Waals surface area contributed by atoms with Gasteiger partial charge in [0.25, 0.3) is 0 Å². The number of hydroxylamine groups is 1. The Kier molecular flexibility index (Phi) is 16.1. The fraction of sp³-hybridized carbons (Fsp3) is 0.750. The van der Waals surface area contributed by atoms with E-state index in [0.29, 0.717) is 12.3 Å². The Morgan fingerprint density at radius 3 is 2.08 bits per heavy atom. The zero-order chi connectivity index (χ0) is 18.5. The van der Waals surface area contributed by atoms with Gasteiger partial charge in [-0.25, -0.2) is 15.1 Å². The second-order valence-corrected chi connectivity index (χ2v) is 6.14. The quantitative estimate of drug-likeness (QED) is 0.129. The summed E-state index contributed by atoms with van der Waals surface area (Å²) in [4.78, 5) is 29.0. The third kappa shape index (κ3) is 13.9. The van der Waals surface area contributed by atoms with Crippen molar-refractivity contribution in [2.24, 2.45) is 11.8 Å². The monoisotopic (exact) mass is 539 g/mol. The Bertz CT molecular complexity index is 396. The summed E-state index contributed by atoms with van der Waals surface area (Å²) in [5, 5.41) is 23.1. The van der Waals surface area contributed by atoms with Crippen LogP contribution in [0.2, 0.25) is 0 Å². The van der Waals surface area contributed by atoms with E-state index in [1.54, 1.807) is 5.48 Å². The molecule has 0 saturated heterocycles. The molecular weight excluding hydrogens is 511 g/mol. The van der Waals surface area contributed by atoms with Crippen LogP contribution in [0.4, 0.5) is 0 Å². The van der Waals surface area contributed by atoms with Crippen molar-refractivity contribution < 1.29 is 50.9 Å². The second kappa shape index (κ2) is 15.3. The molecule has 3 atom stereocenters. The molecule has 0 radical (unpaired) electrons. The Morgan fingerprint density at radius 1 is 1.04 bits per heavy atom. The molecule has 0 aliphatic heterocycles. The Morgan fingerprint density at radius 2 is 1.60 bits per heavy atom. The van der Waals surface area contributed by atoms with Crippen LogP contribution in [0, 0.1) is 18.8 Å². The van der Waals surface area contributed by atoms with Gasteiger partial charge in [-0.15, -0.1) is 0 Å². The van der Waals surface area contributed by atoms with Gasteiger partial charge in [0.15, 0.2) is 0 Å². The zero-order valence-electron chi connectivity index (χ0n) is 14.2. The third-order valence-corrected chi connectivity index (χ3v) is 4.16. The normalized spacial score (nSPS) is 22.0. The molecule has 1 saturated carbocycles. The smallest absolute Gasteiger partial charge is 0.677 e. The minimum atomic E-state index is -1.82. The van der Waals surface area contributed by atoms with Crippen molar-refractivity contribution in [2.75, 3.05) is 0 Å². The van der Waals surface area contributed by atoms with Crippen molar-refractivity contribution in [1.29, 1.82) is 0 Å². The molecule has 5 N–H and O–H groups in total. The Balaban J connectivity index is 0. The average molecular weight is 539 g/mol. The Hall–Kier alpha value is -0.982. The van der Waals surface area contributed by atoms with Gasteiger partial charge in [0.1, 0.15) is 0 Å². The summed E-state index contributed by atoms with van der Waals surface area (Å²) in [6.07, 6.45) is 9.23. The SMILES string of the molecule is O=C(O)C(=O)O.[CH2-]C1CC(CCCCCCC(=O)NO)CCC1[NH-].[Pt+2]. The molecule has 1 amide bonds. The molecule has 9 heteroatoms. The summed E-state index contributed by atoms with van der Waals surface area (Å²) in [5.74, 6) is -2.86. The number of carbonyl (C=O) groups is 3. The van der Waals surface area contributed by atoms with Crippen LogP contribution in [0.5, 0.6) is 0 Å². The molecule has 0 bridgehead atoms. The number of hydrogen-bond acceptors (Lipinski definition) is 4. The summed E-state index contributed by atoms with van der Waals surface area (Å²) in [6, 6.07) is 0.0539. The molecule has 148 valence electrons. The summed E-state index contributed by atoms with van der Waals surface area (Å²) < 4.78 is 0. The molecule has 1 rings (SSSR count). The minimum absolute atomic E-state index is 0. The number of hydrogen-bond donors (Lipinski definition) is 4. The van der Waals surface area contributed by atoms with E-state index < -0.39 is 11.9 Å². The molecule has 0 aromatic rings. The van der Waals surface area contributed by atoms with Crippen molar-refractivity contribution in [3.63, 3.8) is 0 Å². The second-order valence-electron chi connectivity index (χ2n) is 6.14. The maximum Gasteiger partial charge on any atom is 2.00 e. The maximum absolute atomic E-state index is 10.8. The van der Waals surface area contributed by atoms with Gasteiger partial charge in [-0.1, -0.05) is 44.9 Å². The van der Waals surface area contributed by atoms with Crippen molar-refractivity contribution in [2.45, 2.75) is 63.8 Å². The molecule has 1 aliphatic rings. The van der Waals surface area contributed by atoms with E-state index in [1.807, 2.05) is 0 Å². The number of amides is 1. The van der Waals surface area contributed by atoms with Crippen molar-refractivity contribution >= 4 is 17.8 Å². The Labute approximate surface area is 162 Å². The fourth-order valence-electron chi connectivity index (χ4n) is 2.75. The van der Waals surface area contributed by atoms with E-state index in [4.69, 9.17) is 30.7 Å². The first-order valence-electron chi connectivity index (χ1n) is 8.21. The molecule has 0 spiro atoms. The van der Waals surface area contributed by atoms with E-state index in [9.17, 15) is 4.79 Å². The van der Waals surface area contributed by atoms with E-state index in [-0.39, 0.29) is 33.0 Å². The molecule has 25 heavy (non-hydrogen) atoms. The van der Waals surface area contributed by atoms with Gasteiger partial charge in [-0.2, -0.15) is 12.0 Å². The molecule has 8 nitrogen and oxygen atoms in total. The summed E-state index contributed by atoms with van der Waals surface area (Å²) in [6.45, 7) is 4.06. The molecule has 1 fully saturated rings. The first kappa shape index (κ1) is 26.2. The van der Waals surface area contributed by atoms with E-state index in [2.05, 4.69) is 6.92 Å². The molecule has 3 unspecified atom stereocenters.